The van der Waals surface area contributed by atoms with Crippen molar-refractivity contribution < 1.29 is 39.2 Å². The van der Waals surface area contributed by atoms with Crippen molar-refractivity contribution in [2.45, 2.75) is 77.3 Å². The van der Waals surface area contributed by atoms with Crippen LogP contribution < -0.4 is 0 Å². The molecule has 1 aliphatic heterocycles. The standard InChI is InChI=1S/C35H36O8/c1-4-5-6-7-8-9-10-11-28(38)43-35-20(3)42-27(18-26(35)37)22-14-15-24-31(32(22)39)34(41)23-13-12-21-16-19(2)17-25(36)29(21)30(23)33(24)40/h8-17,20,26-27,35-37,39H,4-7,18H2,1-3H3/t20-,26-,27-,35-/m0/s1. The summed E-state index contributed by atoms with van der Waals surface area (Å²) in [5, 5.41) is 33.8. The summed E-state index contributed by atoms with van der Waals surface area (Å²) >= 11 is 0. The van der Waals surface area contributed by atoms with Gasteiger partial charge in [-0.05, 0) is 55.8 Å². The highest BCUT2D eigenvalue weighted by Gasteiger charge is 2.41. The second-order valence-corrected chi connectivity index (χ2v) is 11.3. The summed E-state index contributed by atoms with van der Waals surface area (Å²) in [5.41, 5.74) is 1.12. The summed E-state index contributed by atoms with van der Waals surface area (Å²) in [6.45, 7) is 5.62. The highest BCUT2D eigenvalue weighted by molar-refractivity contribution is 6.33. The maximum Gasteiger partial charge on any atom is 0.331 e. The summed E-state index contributed by atoms with van der Waals surface area (Å²) < 4.78 is 11.5. The van der Waals surface area contributed by atoms with Gasteiger partial charge in [-0.2, -0.15) is 0 Å². The number of fused-ring (bicyclic) bond motifs is 4. The molecule has 1 aliphatic carbocycles. The number of benzene rings is 3. The van der Waals surface area contributed by atoms with E-state index in [-0.39, 0.29) is 40.0 Å². The van der Waals surface area contributed by atoms with E-state index in [0.717, 1.165) is 31.2 Å². The maximum atomic E-state index is 13.7. The quantitative estimate of drug-likeness (QED) is 0.0973. The first-order chi connectivity index (χ1) is 20.6. The number of hydrogen-bond acceptors (Lipinski definition) is 8. The zero-order valence-electron chi connectivity index (χ0n) is 24.5. The molecule has 3 aromatic carbocycles. The van der Waals surface area contributed by atoms with Crippen LogP contribution in [0.2, 0.25) is 0 Å². The molecule has 43 heavy (non-hydrogen) atoms. The van der Waals surface area contributed by atoms with Crippen LogP contribution in [0.1, 0.15) is 95.0 Å². The fourth-order valence-corrected chi connectivity index (χ4v) is 6.00. The van der Waals surface area contributed by atoms with Crippen molar-refractivity contribution in [3.8, 4) is 11.5 Å². The fourth-order valence-electron chi connectivity index (χ4n) is 6.00. The largest absolute Gasteiger partial charge is 0.507 e. The Bertz CT molecular complexity index is 1640. The number of aryl methyl sites for hydroxylation is 1. The van der Waals surface area contributed by atoms with E-state index in [4.69, 9.17) is 9.47 Å². The van der Waals surface area contributed by atoms with Crippen molar-refractivity contribution in [1.29, 1.82) is 0 Å². The number of aliphatic hydroxyl groups excluding tert-OH is 1. The number of carbonyl (C=O) groups is 3. The molecule has 1 heterocycles. The van der Waals surface area contributed by atoms with Crippen molar-refractivity contribution >= 4 is 28.3 Å². The van der Waals surface area contributed by atoms with E-state index in [0.29, 0.717) is 10.8 Å². The molecule has 0 aromatic heterocycles. The number of carbonyl (C=O) groups excluding carboxylic acids is 3. The number of allylic oxidation sites excluding steroid dienone is 3. The van der Waals surface area contributed by atoms with Crippen LogP contribution in [0.25, 0.3) is 10.8 Å². The minimum absolute atomic E-state index is 0.00767. The van der Waals surface area contributed by atoms with Gasteiger partial charge in [-0.1, -0.05) is 56.2 Å². The van der Waals surface area contributed by atoms with Gasteiger partial charge in [0.2, 0.25) is 0 Å². The van der Waals surface area contributed by atoms with Crippen LogP contribution in [0.3, 0.4) is 0 Å². The number of phenolic OH excluding ortho intramolecular Hbond substituents is 2. The molecule has 5 rings (SSSR count). The maximum absolute atomic E-state index is 13.7. The molecule has 0 spiro atoms. The van der Waals surface area contributed by atoms with Gasteiger partial charge >= 0.3 is 5.97 Å². The summed E-state index contributed by atoms with van der Waals surface area (Å²) in [5.74, 6) is -2.13. The predicted octanol–water partition coefficient (Wildman–Crippen LogP) is 6.15. The molecular weight excluding hydrogens is 548 g/mol. The highest BCUT2D eigenvalue weighted by atomic mass is 16.6. The predicted molar refractivity (Wildman–Crippen MR) is 162 cm³/mol. The lowest BCUT2D eigenvalue weighted by Gasteiger charge is -2.38. The molecule has 1 fully saturated rings. The highest BCUT2D eigenvalue weighted by Crippen LogP contribution is 2.44. The van der Waals surface area contributed by atoms with Gasteiger partial charge in [0.25, 0.3) is 0 Å². The normalized spacial score (nSPS) is 21.9. The lowest BCUT2D eigenvalue weighted by atomic mass is 9.79. The van der Waals surface area contributed by atoms with Crippen molar-refractivity contribution in [1.82, 2.24) is 0 Å². The van der Waals surface area contributed by atoms with E-state index in [1.807, 2.05) is 19.1 Å². The number of aliphatic hydroxyl groups is 1. The number of phenols is 2. The molecule has 0 amide bonds. The van der Waals surface area contributed by atoms with Gasteiger partial charge < -0.3 is 24.8 Å². The van der Waals surface area contributed by atoms with Crippen molar-refractivity contribution in [3.05, 3.63) is 94.1 Å². The van der Waals surface area contributed by atoms with Crippen molar-refractivity contribution in [3.63, 3.8) is 0 Å². The Hall–Kier alpha value is -4.27. The summed E-state index contributed by atoms with van der Waals surface area (Å²) in [6, 6.07) is 9.53. The number of rotatable bonds is 8. The average molecular weight is 585 g/mol. The average Bonchev–Trinajstić information content (AvgIpc) is 2.96. The SMILES string of the molecule is CCCCCC=CC=CC(=O)O[C@H]1[C@H](C)O[C@H](c2ccc3c(c2O)C(=O)c2ccc4cc(C)cc(O)c4c2C3=O)C[C@@H]1O. The van der Waals surface area contributed by atoms with E-state index in [2.05, 4.69) is 6.92 Å². The molecule has 0 saturated carbocycles. The number of hydrogen-bond donors (Lipinski definition) is 3. The number of ketones is 2. The van der Waals surface area contributed by atoms with Gasteiger partial charge in [0, 0.05) is 40.1 Å². The molecule has 224 valence electrons. The topological polar surface area (TPSA) is 130 Å². The van der Waals surface area contributed by atoms with E-state index < -0.39 is 47.7 Å². The lowest BCUT2D eigenvalue weighted by molar-refractivity contribution is -0.190. The molecule has 0 radical (unpaired) electrons. The molecule has 3 aromatic rings. The van der Waals surface area contributed by atoms with Gasteiger partial charge in [-0.25, -0.2) is 4.79 Å². The van der Waals surface area contributed by atoms with Crippen LogP contribution in [0.4, 0.5) is 0 Å². The molecule has 3 N–H and O–H groups in total. The summed E-state index contributed by atoms with van der Waals surface area (Å²) in [4.78, 5) is 39.7. The molecular formula is C35H36O8. The van der Waals surface area contributed by atoms with E-state index in [1.54, 1.807) is 25.1 Å². The van der Waals surface area contributed by atoms with Crippen LogP contribution in [0.15, 0.2) is 60.7 Å². The van der Waals surface area contributed by atoms with Crippen LogP contribution in [0.5, 0.6) is 11.5 Å². The fraction of sp³-hybridized carbons (Fsp3) is 0.343. The number of unbranched alkanes of at least 4 members (excludes halogenated alkanes) is 3. The first kappa shape index (κ1) is 30.2. The zero-order chi connectivity index (χ0) is 30.8. The Morgan fingerprint density at radius 2 is 1.74 bits per heavy atom. The van der Waals surface area contributed by atoms with Crippen LogP contribution >= 0.6 is 0 Å². The summed E-state index contributed by atoms with van der Waals surface area (Å²) in [6.07, 6.45) is 7.42. The van der Waals surface area contributed by atoms with Crippen LogP contribution in [0, 0.1) is 6.92 Å². The third-order valence-corrected chi connectivity index (χ3v) is 8.12. The van der Waals surface area contributed by atoms with Gasteiger partial charge in [0.1, 0.15) is 11.5 Å². The molecule has 8 heteroatoms. The Kier molecular flexibility index (Phi) is 8.80. The van der Waals surface area contributed by atoms with E-state index in [1.165, 1.54) is 30.3 Å². The Labute approximate surface area is 250 Å². The van der Waals surface area contributed by atoms with Crippen molar-refractivity contribution in [2.24, 2.45) is 0 Å². The molecule has 0 bridgehead atoms. The molecule has 1 saturated heterocycles. The minimum atomic E-state index is -1.10. The van der Waals surface area contributed by atoms with E-state index in [9.17, 15) is 29.7 Å². The molecule has 4 atom stereocenters. The Morgan fingerprint density at radius 3 is 2.49 bits per heavy atom. The third-order valence-electron chi connectivity index (χ3n) is 8.12. The Balaban J connectivity index is 1.34. The van der Waals surface area contributed by atoms with Crippen molar-refractivity contribution in [2.75, 3.05) is 0 Å². The number of esters is 1. The zero-order valence-corrected chi connectivity index (χ0v) is 24.5. The van der Waals surface area contributed by atoms with Gasteiger partial charge in [0.15, 0.2) is 17.7 Å². The van der Waals surface area contributed by atoms with Gasteiger partial charge in [0.05, 0.1) is 23.9 Å². The first-order valence-electron chi connectivity index (χ1n) is 14.7. The Morgan fingerprint density at radius 1 is 1.02 bits per heavy atom. The lowest BCUT2D eigenvalue weighted by Crippen LogP contribution is -2.46. The van der Waals surface area contributed by atoms with E-state index >= 15 is 0 Å². The third kappa shape index (κ3) is 5.85. The minimum Gasteiger partial charge on any atom is -0.507 e. The van der Waals surface area contributed by atoms with Crippen LogP contribution in [-0.4, -0.2) is 51.2 Å². The van der Waals surface area contributed by atoms with Crippen LogP contribution in [-0.2, 0) is 14.3 Å². The molecule has 0 unspecified atom stereocenters. The smallest absolute Gasteiger partial charge is 0.331 e. The summed E-state index contributed by atoms with van der Waals surface area (Å²) in [7, 11) is 0. The van der Waals surface area contributed by atoms with Gasteiger partial charge in [-0.15, -0.1) is 0 Å². The number of ether oxygens (including phenoxy) is 2. The first-order valence-corrected chi connectivity index (χ1v) is 14.7. The second-order valence-electron chi connectivity index (χ2n) is 11.3. The monoisotopic (exact) mass is 584 g/mol. The van der Waals surface area contributed by atoms with Gasteiger partial charge in [-0.3, -0.25) is 9.59 Å². The molecule has 8 nitrogen and oxygen atoms in total. The molecule has 2 aliphatic rings. The second kappa shape index (κ2) is 12.5. The number of aromatic hydroxyl groups is 2.